The lowest BCUT2D eigenvalue weighted by Crippen LogP contribution is -2.49. The van der Waals surface area contributed by atoms with Gasteiger partial charge in [0.25, 0.3) is 5.91 Å². The van der Waals surface area contributed by atoms with Crippen molar-refractivity contribution in [2.75, 3.05) is 13.1 Å². The van der Waals surface area contributed by atoms with Gasteiger partial charge in [0.05, 0.1) is 5.56 Å². The van der Waals surface area contributed by atoms with Crippen LogP contribution in [0.1, 0.15) is 31.7 Å². The first-order valence-corrected chi connectivity index (χ1v) is 9.86. The zero-order chi connectivity index (χ0) is 20.2. The van der Waals surface area contributed by atoms with E-state index in [0.717, 1.165) is 12.1 Å². The summed E-state index contributed by atoms with van der Waals surface area (Å²) in [6.45, 7) is 1.75. The topological polar surface area (TPSA) is 95.9 Å². The van der Waals surface area contributed by atoms with E-state index in [1.54, 1.807) is 0 Å². The molecule has 152 valence electrons. The van der Waals surface area contributed by atoms with Gasteiger partial charge < -0.3 is 4.74 Å². The maximum Gasteiger partial charge on any atom is 0.416 e. The van der Waals surface area contributed by atoms with Crippen molar-refractivity contribution in [1.82, 2.24) is 9.79 Å². The third kappa shape index (κ3) is 5.11. The molecule has 0 aromatic heterocycles. The van der Waals surface area contributed by atoms with Crippen molar-refractivity contribution in [3.8, 4) is 5.75 Å². The van der Waals surface area contributed by atoms with E-state index in [2.05, 4.69) is 0 Å². The van der Waals surface area contributed by atoms with Gasteiger partial charge in [-0.1, -0.05) is 6.92 Å². The SMILES string of the molecule is CCC(C(=O)NO)S(=O)(=O)N1CCC(Oc2ccc(C(F)(F)F)cc2)CC1. The minimum absolute atomic E-state index is 0.0106. The summed E-state index contributed by atoms with van der Waals surface area (Å²) in [5, 5.41) is 7.32. The van der Waals surface area contributed by atoms with Gasteiger partial charge in [-0.2, -0.15) is 13.2 Å². The number of alkyl halides is 3. The Labute approximate surface area is 155 Å². The minimum atomic E-state index is -4.42. The maximum atomic E-state index is 12.6. The van der Waals surface area contributed by atoms with Crippen molar-refractivity contribution in [1.29, 1.82) is 0 Å². The van der Waals surface area contributed by atoms with Crippen LogP contribution in [0.4, 0.5) is 13.2 Å². The van der Waals surface area contributed by atoms with Crippen molar-refractivity contribution >= 4 is 15.9 Å². The van der Waals surface area contributed by atoms with Crippen molar-refractivity contribution in [2.45, 2.75) is 43.7 Å². The molecule has 1 heterocycles. The molecule has 11 heteroatoms. The molecule has 1 aromatic carbocycles. The molecular formula is C16H21F3N2O5S. The van der Waals surface area contributed by atoms with Gasteiger partial charge in [-0.15, -0.1) is 0 Å². The zero-order valence-electron chi connectivity index (χ0n) is 14.6. The molecule has 2 rings (SSSR count). The molecule has 0 saturated carbocycles. The molecule has 1 saturated heterocycles. The standard InChI is InChI=1S/C16H21F3N2O5S/c1-2-14(15(22)20-23)27(24,25)21-9-7-13(8-10-21)26-12-5-3-11(4-6-12)16(17,18)19/h3-6,13-14,23H,2,7-10H2,1H3,(H,20,22). The van der Waals surface area contributed by atoms with Crippen molar-refractivity contribution < 1.29 is 36.3 Å². The molecule has 0 spiro atoms. The highest BCUT2D eigenvalue weighted by atomic mass is 32.2. The van der Waals surface area contributed by atoms with E-state index in [9.17, 15) is 26.4 Å². The molecule has 1 aliphatic rings. The number of nitrogens with zero attached hydrogens (tertiary/aromatic N) is 1. The zero-order valence-corrected chi connectivity index (χ0v) is 15.4. The van der Waals surface area contributed by atoms with Crippen LogP contribution >= 0.6 is 0 Å². The molecule has 7 nitrogen and oxygen atoms in total. The Morgan fingerprint density at radius 3 is 2.30 bits per heavy atom. The van der Waals surface area contributed by atoms with Gasteiger partial charge in [0.2, 0.25) is 10.0 Å². The molecule has 2 N–H and O–H groups in total. The molecule has 1 aliphatic heterocycles. The van der Waals surface area contributed by atoms with Crippen molar-refractivity contribution in [3.63, 3.8) is 0 Å². The summed E-state index contributed by atoms with van der Waals surface area (Å²) < 4.78 is 69.5. The van der Waals surface area contributed by atoms with Gasteiger partial charge >= 0.3 is 6.18 Å². The fourth-order valence-corrected chi connectivity index (χ4v) is 4.73. The largest absolute Gasteiger partial charge is 0.490 e. The Morgan fingerprint density at radius 2 is 1.85 bits per heavy atom. The predicted molar refractivity (Wildman–Crippen MR) is 89.6 cm³/mol. The van der Waals surface area contributed by atoms with Crippen LogP contribution in [0.3, 0.4) is 0 Å². The summed E-state index contributed by atoms with van der Waals surface area (Å²) >= 11 is 0. The van der Waals surface area contributed by atoms with E-state index in [1.807, 2.05) is 0 Å². The van der Waals surface area contributed by atoms with Gasteiger partial charge in [-0.3, -0.25) is 10.0 Å². The van der Waals surface area contributed by atoms with Gasteiger partial charge in [-0.25, -0.2) is 18.2 Å². The average Bonchev–Trinajstić information content (AvgIpc) is 2.62. The van der Waals surface area contributed by atoms with Crippen LogP contribution in [-0.4, -0.2) is 48.3 Å². The molecule has 27 heavy (non-hydrogen) atoms. The van der Waals surface area contributed by atoms with Gasteiger partial charge in [0, 0.05) is 13.1 Å². The molecule has 0 aliphatic carbocycles. The maximum absolute atomic E-state index is 12.6. The van der Waals surface area contributed by atoms with Gasteiger partial charge in [0.1, 0.15) is 11.9 Å². The number of hydroxylamine groups is 1. The molecule has 1 aromatic rings. The third-order valence-electron chi connectivity index (χ3n) is 4.38. The number of ether oxygens (including phenoxy) is 1. The second-order valence-corrected chi connectivity index (χ2v) is 8.27. The quantitative estimate of drug-likeness (QED) is 0.554. The molecule has 0 bridgehead atoms. The fraction of sp³-hybridized carbons (Fsp3) is 0.562. The number of carbonyl (C=O) groups is 1. The highest BCUT2D eigenvalue weighted by Crippen LogP contribution is 2.31. The average molecular weight is 410 g/mol. The highest BCUT2D eigenvalue weighted by molar-refractivity contribution is 7.90. The summed E-state index contributed by atoms with van der Waals surface area (Å²) in [7, 11) is -3.92. The van der Waals surface area contributed by atoms with E-state index in [0.29, 0.717) is 12.8 Å². The summed E-state index contributed by atoms with van der Waals surface area (Å²) in [5.41, 5.74) is 0.594. The molecule has 1 atom stereocenters. The van der Waals surface area contributed by atoms with Crippen molar-refractivity contribution in [3.05, 3.63) is 29.8 Å². The number of sulfonamides is 1. The van der Waals surface area contributed by atoms with E-state index in [1.165, 1.54) is 28.8 Å². The Hall–Kier alpha value is -1.85. The van der Waals surface area contributed by atoms with Crippen LogP contribution < -0.4 is 10.2 Å². The molecule has 1 fully saturated rings. The second kappa shape index (κ2) is 8.44. The van der Waals surface area contributed by atoms with Crippen LogP contribution in [0.5, 0.6) is 5.75 Å². The number of hydrogen-bond donors (Lipinski definition) is 2. The number of hydrogen-bond acceptors (Lipinski definition) is 5. The number of halogens is 3. The van der Waals surface area contributed by atoms with Crippen LogP contribution in [0, 0.1) is 0 Å². The minimum Gasteiger partial charge on any atom is -0.490 e. The Kier molecular flexibility index (Phi) is 6.71. The second-order valence-electron chi connectivity index (χ2n) is 6.16. The number of carbonyl (C=O) groups excluding carboxylic acids is 1. The first-order chi connectivity index (χ1) is 12.6. The smallest absolute Gasteiger partial charge is 0.416 e. The summed E-state index contributed by atoms with van der Waals surface area (Å²) in [6, 6.07) is 4.30. The lowest BCUT2D eigenvalue weighted by atomic mass is 10.1. The molecular weight excluding hydrogens is 389 g/mol. The van der Waals surface area contributed by atoms with Gasteiger partial charge in [-0.05, 0) is 43.5 Å². The monoisotopic (exact) mass is 410 g/mol. The first-order valence-electron chi connectivity index (χ1n) is 8.36. The van der Waals surface area contributed by atoms with Gasteiger partial charge in [0.15, 0.2) is 5.25 Å². The number of amides is 1. The fourth-order valence-electron chi connectivity index (χ4n) is 2.90. The Morgan fingerprint density at radius 1 is 1.30 bits per heavy atom. The van der Waals surface area contributed by atoms with Crippen LogP contribution in [-0.2, 0) is 21.0 Å². The van der Waals surface area contributed by atoms with Crippen LogP contribution in [0.25, 0.3) is 0 Å². The molecule has 0 radical (unpaired) electrons. The number of benzene rings is 1. The number of rotatable bonds is 6. The van der Waals surface area contributed by atoms with Crippen LogP contribution in [0.15, 0.2) is 24.3 Å². The first kappa shape index (κ1) is 21.5. The van der Waals surface area contributed by atoms with Crippen LogP contribution in [0.2, 0.25) is 0 Å². The third-order valence-corrected chi connectivity index (χ3v) is 6.73. The Balaban J connectivity index is 1.96. The summed E-state index contributed by atoms with van der Waals surface area (Å²) in [6.07, 6.45) is -4.10. The Bertz CT molecular complexity index is 744. The number of piperidine rings is 1. The van der Waals surface area contributed by atoms with E-state index < -0.39 is 32.9 Å². The summed E-state index contributed by atoms with van der Waals surface area (Å²) in [5.74, 6) is -0.712. The van der Waals surface area contributed by atoms with Crippen molar-refractivity contribution in [2.24, 2.45) is 0 Å². The predicted octanol–water partition coefficient (Wildman–Crippen LogP) is 2.16. The molecule has 1 unspecified atom stereocenters. The summed E-state index contributed by atoms with van der Waals surface area (Å²) in [4.78, 5) is 11.6. The normalized spacial score (nSPS) is 18.1. The number of nitrogens with one attached hydrogen (secondary N) is 1. The molecule has 1 amide bonds. The lowest BCUT2D eigenvalue weighted by molar-refractivity contribution is -0.137. The van der Waals surface area contributed by atoms with E-state index in [4.69, 9.17) is 9.94 Å². The lowest BCUT2D eigenvalue weighted by Gasteiger charge is -2.33. The van der Waals surface area contributed by atoms with E-state index in [-0.39, 0.29) is 31.4 Å². The van der Waals surface area contributed by atoms with E-state index >= 15 is 0 Å². The highest BCUT2D eigenvalue weighted by Gasteiger charge is 2.38.